The summed E-state index contributed by atoms with van der Waals surface area (Å²) in [6, 6.07) is 4.70. The maximum atomic E-state index is 13.0. The summed E-state index contributed by atoms with van der Waals surface area (Å²) in [5, 5.41) is 3.90. The third-order valence-electron chi connectivity index (χ3n) is 3.83. The lowest BCUT2D eigenvalue weighted by Gasteiger charge is -2.14. The van der Waals surface area contributed by atoms with Gasteiger partial charge in [0.15, 0.2) is 0 Å². The summed E-state index contributed by atoms with van der Waals surface area (Å²) in [5.74, 6) is 0.292. The van der Waals surface area contributed by atoms with Crippen molar-refractivity contribution in [3.8, 4) is 0 Å². The second kappa shape index (κ2) is 5.55. The molecular formula is C14H19ClFNO. The summed E-state index contributed by atoms with van der Waals surface area (Å²) in [5.41, 5.74) is 1.15. The maximum absolute atomic E-state index is 13.0. The third kappa shape index (κ3) is 2.85. The van der Waals surface area contributed by atoms with Gasteiger partial charge in [0.25, 0.3) is 0 Å². The highest BCUT2D eigenvalue weighted by Crippen LogP contribution is 2.55. The number of ether oxygens (including phenoxy) is 1. The predicted octanol–water partition coefficient (Wildman–Crippen LogP) is 2.99. The Labute approximate surface area is 112 Å². The molecule has 100 valence electrons. The molecule has 0 saturated heterocycles. The topological polar surface area (TPSA) is 21.3 Å². The highest BCUT2D eigenvalue weighted by atomic mass is 35.5. The molecule has 1 aromatic carbocycles. The van der Waals surface area contributed by atoms with Crippen LogP contribution in [0.1, 0.15) is 18.9 Å². The lowest BCUT2D eigenvalue weighted by Crippen LogP contribution is -2.24. The lowest BCUT2D eigenvalue weighted by molar-refractivity contribution is 0.199. The molecule has 2 rings (SSSR count). The summed E-state index contributed by atoms with van der Waals surface area (Å²) in [4.78, 5) is 0. The van der Waals surface area contributed by atoms with Crippen molar-refractivity contribution in [2.75, 3.05) is 26.8 Å². The number of hydrogen-bond acceptors (Lipinski definition) is 2. The van der Waals surface area contributed by atoms with Gasteiger partial charge in [-0.3, -0.25) is 0 Å². The summed E-state index contributed by atoms with van der Waals surface area (Å²) in [7, 11) is 1.70. The molecule has 18 heavy (non-hydrogen) atoms. The van der Waals surface area contributed by atoms with Gasteiger partial charge >= 0.3 is 0 Å². The Morgan fingerprint density at radius 3 is 3.00 bits per heavy atom. The Kier molecular flexibility index (Phi) is 4.25. The van der Waals surface area contributed by atoms with Crippen LogP contribution in [-0.2, 0) is 10.2 Å². The molecule has 2 atom stereocenters. The van der Waals surface area contributed by atoms with Crippen molar-refractivity contribution in [2.45, 2.75) is 18.8 Å². The Morgan fingerprint density at radius 1 is 1.56 bits per heavy atom. The smallest absolute Gasteiger partial charge is 0.124 e. The zero-order chi connectivity index (χ0) is 13.2. The summed E-state index contributed by atoms with van der Waals surface area (Å²) in [6.07, 6.45) is 1.10. The molecule has 0 spiro atoms. The van der Waals surface area contributed by atoms with E-state index in [0.717, 1.165) is 31.7 Å². The number of rotatable bonds is 6. The molecule has 2 nitrogen and oxygen atoms in total. The van der Waals surface area contributed by atoms with Gasteiger partial charge in [0, 0.05) is 18.7 Å². The van der Waals surface area contributed by atoms with Gasteiger partial charge in [-0.2, -0.15) is 0 Å². The minimum atomic E-state index is -0.275. The molecule has 0 amide bonds. The minimum absolute atomic E-state index is 0.0881. The largest absolute Gasteiger partial charge is 0.383 e. The molecule has 1 aliphatic rings. The van der Waals surface area contributed by atoms with Gasteiger partial charge in [-0.15, -0.1) is 0 Å². The molecular weight excluding hydrogens is 253 g/mol. The van der Waals surface area contributed by atoms with Gasteiger partial charge in [0.1, 0.15) is 5.82 Å². The van der Waals surface area contributed by atoms with Crippen LogP contribution in [0.25, 0.3) is 0 Å². The van der Waals surface area contributed by atoms with E-state index in [2.05, 4.69) is 12.2 Å². The van der Waals surface area contributed by atoms with Crippen LogP contribution in [0, 0.1) is 11.7 Å². The molecule has 1 saturated carbocycles. The van der Waals surface area contributed by atoms with Gasteiger partial charge < -0.3 is 10.1 Å². The van der Waals surface area contributed by atoms with Gasteiger partial charge in [0.05, 0.1) is 6.61 Å². The zero-order valence-electron chi connectivity index (χ0n) is 10.8. The standard InChI is InChI=1S/C14H19ClFNO/c1-14(8-10(14)9-17-5-6-18-2)12-4-3-11(16)7-13(12)15/h3-4,7,10,17H,5-6,8-9H2,1-2H3. The van der Waals surface area contributed by atoms with Crippen molar-refractivity contribution in [3.63, 3.8) is 0 Å². The van der Waals surface area contributed by atoms with E-state index in [9.17, 15) is 4.39 Å². The molecule has 0 heterocycles. The number of methoxy groups -OCH3 is 1. The minimum Gasteiger partial charge on any atom is -0.383 e. The van der Waals surface area contributed by atoms with Crippen LogP contribution >= 0.6 is 11.6 Å². The van der Waals surface area contributed by atoms with E-state index in [1.165, 1.54) is 12.1 Å². The van der Waals surface area contributed by atoms with Crippen LogP contribution in [0.4, 0.5) is 4.39 Å². The molecule has 0 aliphatic heterocycles. The maximum Gasteiger partial charge on any atom is 0.124 e. The van der Waals surface area contributed by atoms with E-state index < -0.39 is 0 Å². The van der Waals surface area contributed by atoms with E-state index in [1.807, 2.05) is 6.07 Å². The van der Waals surface area contributed by atoms with Crippen LogP contribution in [0.5, 0.6) is 0 Å². The fourth-order valence-corrected chi connectivity index (χ4v) is 2.87. The first-order chi connectivity index (χ1) is 8.58. The van der Waals surface area contributed by atoms with E-state index in [0.29, 0.717) is 10.9 Å². The Bertz CT molecular complexity index is 426. The summed E-state index contributed by atoms with van der Waals surface area (Å²) in [6.45, 7) is 4.73. The molecule has 1 aromatic rings. The van der Waals surface area contributed by atoms with Gasteiger partial charge in [0.2, 0.25) is 0 Å². The zero-order valence-corrected chi connectivity index (χ0v) is 11.6. The van der Waals surface area contributed by atoms with Gasteiger partial charge in [-0.1, -0.05) is 24.6 Å². The lowest BCUT2D eigenvalue weighted by atomic mass is 9.95. The van der Waals surface area contributed by atoms with Gasteiger partial charge in [-0.25, -0.2) is 4.39 Å². The molecule has 0 radical (unpaired) electrons. The van der Waals surface area contributed by atoms with Crippen molar-refractivity contribution >= 4 is 11.6 Å². The van der Waals surface area contributed by atoms with Crippen molar-refractivity contribution in [1.82, 2.24) is 5.32 Å². The van der Waals surface area contributed by atoms with Crippen LogP contribution < -0.4 is 5.32 Å². The van der Waals surface area contributed by atoms with Crippen LogP contribution in [-0.4, -0.2) is 26.8 Å². The first-order valence-corrected chi connectivity index (χ1v) is 6.61. The number of halogens is 2. The highest BCUT2D eigenvalue weighted by molar-refractivity contribution is 6.31. The fourth-order valence-electron chi connectivity index (χ4n) is 2.48. The first kappa shape index (κ1) is 13.8. The average Bonchev–Trinajstić information content (AvgIpc) is 2.96. The summed E-state index contributed by atoms with van der Waals surface area (Å²) >= 11 is 6.12. The summed E-state index contributed by atoms with van der Waals surface area (Å²) < 4.78 is 18.0. The Morgan fingerprint density at radius 2 is 2.33 bits per heavy atom. The normalized spacial score (nSPS) is 26.3. The van der Waals surface area contributed by atoms with Gasteiger partial charge in [-0.05, 0) is 42.0 Å². The number of benzene rings is 1. The molecule has 0 aromatic heterocycles. The second-order valence-electron chi connectivity index (χ2n) is 5.14. The predicted molar refractivity (Wildman–Crippen MR) is 71.6 cm³/mol. The van der Waals surface area contributed by atoms with E-state index in [1.54, 1.807) is 7.11 Å². The van der Waals surface area contributed by atoms with E-state index >= 15 is 0 Å². The number of nitrogens with one attached hydrogen (secondary N) is 1. The molecule has 1 N–H and O–H groups in total. The fraction of sp³-hybridized carbons (Fsp3) is 0.571. The first-order valence-electron chi connectivity index (χ1n) is 6.23. The Hall–Kier alpha value is -0.640. The van der Waals surface area contributed by atoms with E-state index in [4.69, 9.17) is 16.3 Å². The van der Waals surface area contributed by atoms with Crippen molar-refractivity contribution in [1.29, 1.82) is 0 Å². The van der Waals surface area contributed by atoms with Crippen molar-refractivity contribution < 1.29 is 9.13 Å². The van der Waals surface area contributed by atoms with Crippen LogP contribution in [0.3, 0.4) is 0 Å². The third-order valence-corrected chi connectivity index (χ3v) is 4.14. The average molecular weight is 272 g/mol. The molecule has 1 aliphatic carbocycles. The van der Waals surface area contributed by atoms with Crippen LogP contribution in [0.2, 0.25) is 5.02 Å². The second-order valence-corrected chi connectivity index (χ2v) is 5.55. The van der Waals surface area contributed by atoms with Crippen molar-refractivity contribution in [2.24, 2.45) is 5.92 Å². The number of hydrogen-bond donors (Lipinski definition) is 1. The molecule has 1 fully saturated rings. The quantitative estimate of drug-likeness (QED) is 0.803. The molecule has 2 unspecified atom stereocenters. The Balaban J connectivity index is 1.93. The van der Waals surface area contributed by atoms with Crippen LogP contribution in [0.15, 0.2) is 18.2 Å². The molecule has 0 bridgehead atoms. The highest BCUT2D eigenvalue weighted by Gasteiger charge is 2.51. The monoisotopic (exact) mass is 271 g/mol. The van der Waals surface area contributed by atoms with Crippen molar-refractivity contribution in [3.05, 3.63) is 34.6 Å². The van der Waals surface area contributed by atoms with E-state index in [-0.39, 0.29) is 11.2 Å². The SMILES string of the molecule is COCCNCC1CC1(C)c1ccc(F)cc1Cl. The molecule has 4 heteroatoms.